The van der Waals surface area contributed by atoms with E-state index in [4.69, 9.17) is 0 Å². The largest absolute Gasteiger partial charge is 0.292 e. The highest BCUT2D eigenvalue weighted by molar-refractivity contribution is 4.93. The summed E-state index contributed by atoms with van der Waals surface area (Å²) >= 11 is 0. The van der Waals surface area contributed by atoms with Crippen LogP contribution in [0.1, 0.15) is 91.9 Å². The molecule has 2 rings (SSSR count). The Balaban J connectivity index is 2.12. The van der Waals surface area contributed by atoms with Crippen LogP contribution < -0.4 is 0 Å². The van der Waals surface area contributed by atoms with E-state index in [2.05, 4.69) is 32.6 Å². The van der Waals surface area contributed by atoms with Crippen molar-refractivity contribution in [2.24, 2.45) is 5.92 Å². The van der Waals surface area contributed by atoms with Crippen LogP contribution >= 0.6 is 0 Å². The van der Waals surface area contributed by atoms with Crippen LogP contribution in [0.5, 0.6) is 0 Å². The lowest BCUT2D eigenvalue weighted by molar-refractivity contribution is -0.0164. The molecule has 0 radical (unpaired) electrons. The van der Waals surface area contributed by atoms with Crippen molar-refractivity contribution in [1.29, 1.82) is 0 Å². The molecule has 2 saturated carbocycles. The van der Waals surface area contributed by atoms with E-state index in [0.29, 0.717) is 5.54 Å². The fourth-order valence-corrected chi connectivity index (χ4v) is 4.48. The Labute approximate surface area is 121 Å². The molecule has 1 nitrogen and oxygen atoms in total. The van der Waals surface area contributed by atoms with Crippen LogP contribution in [-0.2, 0) is 0 Å². The molecule has 0 saturated heterocycles. The van der Waals surface area contributed by atoms with Gasteiger partial charge in [-0.2, -0.15) is 0 Å². The SMILES string of the molecule is CCC(C)(C)N(C1CCCCC1)C1CCCC(C)C1. The van der Waals surface area contributed by atoms with Gasteiger partial charge in [-0.1, -0.05) is 46.0 Å². The number of hydrogen-bond donors (Lipinski definition) is 0. The smallest absolute Gasteiger partial charge is 0.0156 e. The van der Waals surface area contributed by atoms with Gasteiger partial charge in [0.1, 0.15) is 0 Å². The minimum Gasteiger partial charge on any atom is -0.292 e. The average molecular weight is 265 g/mol. The summed E-state index contributed by atoms with van der Waals surface area (Å²) in [6, 6.07) is 1.74. The third kappa shape index (κ3) is 3.74. The molecule has 0 aromatic carbocycles. The second kappa shape index (κ2) is 6.61. The van der Waals surface area contributed by atoms with Gasteiger partial charge < -0.3 is 0 Å². The summed E-state index contributed by atoms with van der Waals surface area (Å²) in [7, 11) is 0. The quantitative estimate of drug-likeness (QED) is 0.659. The first-order valence-electron chi connectivity index (χ1n) is 8.83. The van der Waals surface area contributed by atoms with Crippen molar-refractivity contribution >= 4 is 0 Å². The summed E-state index contributed by atoms with van der Waals surface area (Å²) in [4.78, 5) is 2.97. The van der Waals surface area contributed by atoms with Gasteiger partial charge in [-0.05, 0) is 51.9 Å². The van der Waals surface area contributed by atoms with Crippen molar-refractivity contribution in [3.05, 3.63) is 0 Å². The third-order valence-corrected chi connectivity index (χ3v) is 5.83. The molecule has 19 heavy (non-hydrogen) atoms. The number of rotatable bonds is 4. The molecule has 2 unspecified atom stereocenters. The molecule has 2 aliphatic rings. The zero-order chi connectivity index (χ0) is 13.9. The average Bonchev–Trinajstić information content (AvgIpc) is 2.40. The van der Waals surface area contributed by atoms with Crippen molar-refractivity contribution in [3.8, 4) is 0 Å². The molecule has 0 aliphatic heterocycles. The van der Waals surface area contributed by atoms with Crippen molar-refractivity contribution in [2.75, 3.05) is 0 Å². The molecular formula is C18H35N. The Kier molecular flexibility index (Phi) is 5.34. The number of nitrogens with zero attached hydrogens (tertiary/aromatic N) is 1. The third-order valence-electron chi connectivity index (χ3n) is 5.83. The number of hydrogen-bond acceptors (Lipinski definition) is 1. The summed E-state index contributed by atoms with van der Waals surface area (Å²) in [5.41, 5.74) is 0.393. The van der Waals surface area contributed by atoms with Gasteiger partial charge >= 0.3 is 0 Å². The minimum atomic E-state index is 0.393. The molecule has 0 heterocycles. The van der Waals surface area contributed by atoms with Crippen LogP contribution in [0.4, 0.5) is 0 Å². The maximum atomic E-state index is 2.97. The molecule has 112 valence electrons. The molecule has 0 N–H and O–H groups in total. The molecular weight excluding hydrogens is 230 g/mol. The zero-order valence-electron chi connectivity index (χ0n) is 13.8. The van der Waals surface area contributed by atoms with Gasteiger partial charge in [0.15, 0.2) is 0 Å². The van der Waals surface area contributed by atoms with Gasteiger partial charge in [-0.15, -0.1) is 0 Å². The molecule has 0 bridgehead atoms. The Hall–Kier alpha value is -0.0400. The molecule has 2 fully saturated rings. The lowest BCUT2D eigenvalue weighted by Gasteiger charge is -2.51. The summed E-state index contributed by atoms with van der Waals surface area (Å²) in [6.45, 7) is 9.81. The predicted molar refractivity (Wildman–Crippen MR) is 84.5 cm³/mol. The first kappa shape index (κ1) is 15.4. The lowest BCUT2D eigenvalue weighted by Crippen LogP contribution is -2.56. The second-order valence-corrected chi connectivity index (χ2v) is 7.79. The fourth-order valence-electron chi connectivity index (χ4n) is 4.48. The maximum absolute atomic E-state index is 2.97. The van der Waals surface area contributed by atoms with Gasteiger partial charge in [0, 0.05) is 17.6 Å². The topological polar surface area (TPSA) is 3.24 Å². The van der Waals surface area contributed by atoms with E-state index in [1.54, 1.807) is 0 Å². The first-order valence-corrected chi connectivity index (χ1v) is 8.83. The Morgan fingerprint density at radius 1 is 0.895 bits per heavy atom. The van der Waals surface area contributed by atoms with E-state index < -0.39 is 0 Å². The van der Waals surface area contributed by atoms with E-state index in [-0.39, 0.29) is 0 Å². The van der Waals surface area contributed by atoms with Gasteiger partial charge in [-0.25, -0.2) is 0 Å². The van der Waals surface area contributed by atoms with Crippen molar-refractivity contribution in [3.63, 3.8) is 0 Å². The minimum absolute atomic E-state index is 0.393. The molecule has 0 spiro atoms. The summed E-state index contributed by atoms with van der Waals surface area (Å²) < 4.78 is 0. The zero-order valence-corrected chi connectivity index (χ0v) is 13.8. The normalized spacial score (nSPS) is 30.8. The highest BCUT2D eigenvalue weighted by atomic mass is 15.2. The van der Waals surface area contributed by atoms with E-state index >= 15 is 0 Å². The van der Waals surface area contributed by atoms with Crippen LogP contribution in [0.2, 0.25) is 0 Å². The highest BCUT2D eigenvalue weighted by Gasteiger charge is 2.38. The van der Waals surface area contributed by atoms with Crippen LogP contribution in [0, 0.1) is 5.92 Å². The predicted octanol–water partition coefficient (Wildman–Crippen LogP) is 5.39. The van der Waals surface area contributed by atoms with Crippen molar-refractivity contribution < 1.29 is 0 Å². The van der Waals surface area contributed by atoms with Crippen LogP contribution in [-0.4, -0.2) is 22.5 Å². The van der Waals surface area contributed by atoms with Crippen LogP contribution in [0.25, 0.3) is 0 Å². The van der Waals surface area contributed by atoms with Gasteiger partial charge in [0.2, 0.25) is 0 Å². The molecule has 1 heteroatoms. The molecule has 2 aliphatic carbocycles. The van der Waals surface area contributed by atoms with Crippen molar-refractivity contribution in [2.45, 2.75) is 110 Å². The summed E-state index contributed by atoms with van der Waals surface area (Å²) in [5, 5.41) is 0. The van der Waals surface area contributed by atoms with Gasteiger partial charge in [-0.3, -0.25) is 4.90 Å². The Bertz CT molecular complexity index is 265. The standard InChI is InChI=1S/C18H35N/c1-5-18(3,4)19(16-11-7-6-8-12-16)17-13-9-10-15(2)14-17/h15-17H,5-14H2,1-4H3. The molecule has 0 aromatic heterocycles. The van der Waals surface area contributed by atoms with E-state index in [1.807, 2.05) is 0 Å². The van der Waals surface area contributed by atoms with Crippen molar-refractivity contribution in [1.82, 2.24) is 4.90 Å². The lowest BCUT2D eigenvalue weighted by atomic mass is 9.80. The van der Waals surface area contributed by atoms with Crippen LogP contribution in [0.3, 0.4) is 0 Å². The monoisotopic (exact) mass is 265 g/mol. The maximum Gasteiger partial charge on any atom is 0.0156 e. The summed E-state index contributed by atoms with van der Waals surface area (Å²) in [6.07, 6.45) is 14.4. The second-order valence-electron chi connectivity index (χ2n) is 7.79. The fraction of sp³-hybridized carbons (Fsp3) is 1.00. The first-order chi connectivity index (χ1) is 9.04. The molecule has 2 atom stereocenters. The van der Waals surface area contributed by atoms with E-state index in [0.717, 1.165) is 18.0 Å². The Morgan fingerprint density at radius 3 is 2.11 bits per heavy atom. The van der Waals surface area contributed by atoms with Crippen LogP contribution in [0.15, 0.2) is 0 Å². The highest BCUT2D eigenvalue weighted by Crippen LogP contribution is 2.37. The van der Waals surface area contributed by atoms with Gasteiger partial charge in [0.05, 0.1) is 0 Å². The molecule has 0 aromatic rings. The van der Waals surface area contributed by atoms with E-state index in [9.17, 15) is 0 Å². The summed E-state index contributed by atoms with van der Waals surface area (Å²) in [5.74, 6) is 0.942. The Morgan fingerprint density at radius 2 is 1.53 bits per heavy atom. The van der Waals surface area contributed by atoms with E-state index in [1.165, 1.54) is 64.2 Å². The molecule has 0 amide bonds. The van der Waals surface area contributed by atoms with Gasteiger partial charge in [0.25, 0.3) is 0 Å².